The van der Waals surface area contributed by atoms with Gasteiger partial charge in [-0.05, 0) is 18.6 Å². The molecule has 0 saturated carbocycles. The fraction of sp³-hybridized carbons (Fsp3) is 0.364. The number of amides is 1. The Balaban J connectivity index is 2.85. The van der Waals surface area contributed by atoms with Crippen LogP contribution in [-0.4, -0.2) is 36.4 Å². The molecule has 9 heteroatoms. The van der Waals surface area contributed by atoms with Crippen LogP contribution in [0.1, 0.15) is 30.3 Å². The highest BCUT2D eigenvalue weighted by Crippen LogP contribution is 2.06. The van der Waals surface area contributed by atoms with Gasteiger partial charge < -0.3 is 10.4 Å². The van der Waals surface area contributed by atoms with E-state index in [9.17, 15) is 18.0 Å². The number of carbonyl (C=O) groups excluding carboxylic acids is 1. The van der Waals surface area contributed by atoms with E-state index in [0.717, 1.165) is 12.3 Å². The van der Waals surface area contributed by atoms with Gasteiger partial charge in [0.05, 0.1) is 0 Å². The minimum atomic E-state index is -3.88. The summed E-state index contributed by atoms with van der Waals surface area (Å²) in [5.41, 5.74) is -0.0836. The Morgan fingerprint density at radius 2 is 2.10 bits per heavy atom. The molecule has 1 atom stereocenters. The number of sulfonamides is 1. The fourth-order valence-electron chi connectivity index (χ4n) is 1.46. The Bertz CT molecular complexity index is 597. The quantitative estimate of drug-likeness (QED) is 0.659. The summed E-state index contributed by atoms with van der Waals surface area (Å²) in [7, 11) is -3.88. The molecular formula is C11H15N3O5S. The normalized spacial score (nSPS) is 12.7. The molecule has 8 nitrogen and oxygen atoms in total. The highest BCUT2D eigenvalue weighted by molar-refractivity contribution is 7.89. The molecule has 1 aromatic heterocycles. The van der Waals surface area contributed by atoms with Crippen molar-refractivity contribution in [1.82, 2.24) is 10.3 Å². The van der Waals surface area contributed by atoms with Gasteiger partial charge in [0.25, 0.3) is 5.91 Å². The molecule has 1 rings (SSSR count). The van der Waals surface area contributed by atoms with Gasteiger partial charge in [0.15, 0.2) is 0 Å². The van der Waals surface area contributed by atoms with Crippen molar-refractivity contribution in [2.24, 2.45) is 5.14 Å². The summed E-state index contributed by atoms with van der Waals surface area (Å²) in [6, 6.07) is 1.29. The minimum Gasteiger partial charge on any atom is -0.480 e. The van der Waals surface area contributed by atoms with E-state index in [2.05, 4.69) is 10.3 Å². The van der Waals surface area contributed by atoms with Crippen LogP contribution in [0, 0.1) is 0 Å². The molecule has 0 fully saturated rings. The molecule has 1 heterocycles. The largest absolute Gasteiger partial charge is 0.480 e. The molecule has 0 aliphatic rings. The number of nitrogens with zero attached hydrogens (tertiary/aromatic N) is 1. The van der Waals surface area contributed by atoms with Crippen LogP contribution in [0.5, 0.6) is 0 Å². The van der Waals surface area contributed by atoms with Gasteiger partial charge in [-0.1, -0.05) is 13.3 Å². The molecule has 0 bridgehead atoms. The Morgan fingerprint density at radius 1 is 1.45 bits per heavy atom. The van der Waals surface area contributed by atoms with Crippen molar-refractivity contribution >= 4 is 21.9 Å². The van der Waals surface area contributed by atoms with Crippen LogP contribution in [0.15, 0.2) is 23.2 Å². The van der Waals surface area contributed by atoms with Crippen LogP contribution >= 0.6 is 0 Å². The number of carboxylic acid groups (broad SMARTS) is 1. The van der Waals surface area contributed by atoms with Crippen LogP contribution in [0.4, 0.5) is 0 Å². The van der Waals surface area contributed by atoms with E-state index in [0.29, 0.717) is 6.42 Å². The van der Waals surface area contributed by atoms with Crippen LogP contribution in [0.25, 0.3) is 0 Å². The Kier molecular flexibility index (Phi) is 5.17. The zero-order valence-corrected chi connectivity index (χ0v) is 11.6. The lowest BCUT2D eigenvalue weighted by atomic mass is 10.1. The number of pyridine rings is 1. The minimum absolute atomic E-state index is 0.0836. The molecule has 1 unspecified atom stereocenters. The molecule has 0 aromatic carbocycles. The van der Waals surface area contributed by atoms with E-state index in [4.69, 9.17) is 10.2 Å². The fourth-order valence-corrected chi connectivity index (χ4v) is 1.92. The lowest BCUT2D eigenvalue weighted by Gasteiger charge is -2.13. The second kappa shape index (κ2) is 6.44. The number of primary sulfonamides is 1. The van der Waals surface area contributed by atoms with E-state index < -0.39 is 27.9 Å². The second-order valence-corrected chi connectivity index (χ2v) is 5.64. The van der Waals surface area contributed by atoms with Gasteiger partial charge in [0.2, 0.25) is 10.0 Å². The molecule has 0 radical (unpaired) electrons. The van der Waals surface area contributed by atoms with Gasteiger partial charge in [0.1, 0.15) is 16.6 Å². The van der Waals surface area contributed by atoms with Crippen molar-refractivity contribution in [3.05, 3.63) is 24.0 Å². The number of hydrogen-bond acceptors (Lipinski definition) is 5. The molecule has 110 valence electrons. The van der Waals surface area contributed by atoms with Crippen LogP contribution in [-0.2, 0) is 14.8 Å². The Morgan fingerprint density at radius 3 is 2.50 bits per heavy atom. The van der Waals surface area contributed by atoms with Crippen molar-refractivity contribution in [2.45, 2.75) is 30.7 Å². The predicted molar refractivity (Wildman–Crippen MR) is 69.4 cm³/mol. The third-order valence-corrected chi connectivity index (χ3v) is 3.38. The lowest BCUT2D eigenvalue weighted by molar-refractivity contribution is -0.139. The monoisotopic (exact) mass is 301 g/mol. The van der Waals surface area contributed by atoms with Crippen LogP contribution < -0.4 is 10.5 Å². The maximum atomic E-state index is 11.8. The number of hydrogen-bond donors (Lipinski definition) is 3. The molecule has 0 spiro atoms. The van der Waals surface area contributed by atoms with Gasteiger partial charge in [-0.25, -0.2) is 23.3 Å². The topological polar surface area (TPSA) is 139 Å². The number of aliphatic carboxylic acids is 1. The van der Waals surface area contributed by atoms with Gasteiger partial charge in [-0.2, -0.15) is 0 Å². The summed E-state index contributed by atoms with van der Waals surface area (Å²) in [5, 5.41) is 16.1. The number of nitrogens with one attached hydrogen (secondary N) is 1. The zero-order valence-electron chi connectivity index (χ0n) is 10.7. The van der Waals surface area contributed by atoms with E-state index in [-0.39, 0.29) is 17.0 Å². The number of nitrogens with two attached hydrogens (primary N) is 1. The first-order chi connectivity index (χ1) is 9.25. The Hall–Kier alpha value is -2.00. The van der Waals surface area contributed by atoms with E-state index in [1.807, 2.05) is 0 Å². The molecule has 0 aliphatic heterocycles. The average Bonchev–Trinajstić information content (AvgIpc) is 2.37. The van der Waals surface area contributed by atoms with Crippen molar-refractivity contribution in [1.29, 1.82) is 0 Å². The molecule has 1 aromatic rings. The standard InChI is InChI=1S/C11H15N3O5S/c1-2-3-9(11(16)17)14-10(15)8-5-4-7(6-13-8)20(12,18)19/h4-6,9H,2-3H2,1H3,(H,14,15)(H,16,17)(H2,12,18,19). The maximum Gasteiger partial charge on any atom is 0.326 e. The zero-order chi connectivity index (χ0) is 15.3. The van der Waals surface area contributed by atoms with Crippen molar-refractivity contribution < 1.29 is 23.1 Å². The number of aromatic nitrogens is 1. The van der Waals surface area contributed by atoms with Crippen molar-refractivity contribution in [3.63, 3.8) is 0 Å². The third-order valence-electron chi connectivity index (χ3n) is 2.48. The average molecular weight is 301 g/mol. The van der Waals surface area contributed by atoms with Gasteiger partial charge in [-0.15, -0.1) is 0 Å². The van der Waals surface area contributed by atoms with Crippen molar-refractivity contribution in [3.8, 4) is 0 Å². The molecule has 4 N–H and O–H groups in total. The van der Waals surface area contributed by atoms with Gasteiger partial charge in [0, 0.05) is 6.20 Å². The van der Waals surface area contributed by atoms with E-state index in [1.54, 1.807) is 6.92 Å². The summed E-state index contributed by atoms with van der Waals surface area (Å²) >= 11 is 0. The van der Waals surface area contributed by atoms with E-state index in [1.165, 1.54) is 6.07 Å². The third kappa shape index (κ3) is 4.28. The molecule has 0 saturated heterocycles. The summed E-state index contributed by atoms with van der Waals surface area (Å²) in [6.45, 7) is 1.79. The first-order valence-corrected chi connectivity index (χ1v) is 7.33. The SMILES string of the molecule is CCCC(NC(=O)c1ccc(S(N)(=O)=O)cn1)C(=O)O. The number of carboxylic acids is 1. The maximum absolute atomic E-state index is 11.8. The van der Waals surface area contributed by atoms with Gasteiger partial charge >= 0.3 is 5.97 Å². The second-order valence-electron chi connectivity index (χ2n) is 4.08. The lowest BCUT2D eigenvalue weighted by Crippen LogP contribution is -2.40. The summed E-state index contributed by atoms with van der Waals surface area (Å²) in [5.74, 6) is -1.83. The molecular weight excluding hydrogens is 286 g/mol. The van der Waals surface area contributed by atoms with Crippen LogP contribution in [0.3, 0.4) is 0 Å². The van der Waals surface area contributed by atoms with Crippen LogP contribution in [0.2, 0.25) is 0 Å². The van der Waals surface area contributed by atoms with Crippen molar-refractivity contribution in [2.75, 3.05) is 0 Å². The smallest absolute Gasteiger partial charge is 0.326 e. The molecule has 1 amide bonds. The van der Waals surface area contributed by atoms with E-state index >= 15 is 0 Å². The highest BCUT2D eigenvalue weighted by Gasteiger charge is 2.20. The first kappa shape index (κ1) is 16.1. The number of carbonyl (C=O) groups is 2. The first-order valence-electron chi connectivity index (χ1n) is 5.78. The molecule has 20 heavy (non-hydrogen) atoms. The summed E-state index contributed by atoms with van der Waals surface area (Å²) in [6.07, 6.45) is 1.82. The summed E-state index contributed by atoms with van der Waals surface area (Å²) < 4.78 is 22.1. The summed E-state index contributed by atoms with van der Waals surface area (Å²) in [4.78, 5) is 26.1. The predicted octanol–water partition coefficient (Wildman–Crippen LogP) is -0.288. The number of rotatable bonds is 6. The Labute approximate surface area is 116 Å². The molecule has 0 aliphatic carbocycles. The highest BCUT2D eigenvalue weighted by atomic mass is 32.2. The van der Waals surface area contributed by atoms with Gasteiger partial charge in [-0.3, -0.25) is 4.79 Å².